The van der Waals surface area contributed by atoms with E-state index in [0.717, 1.165) is 0 Å². The van der Waals surface area contributed by atoms with Gasteiger partial charge in [0.05, 0.1) is 6.61 Å². The highest BCUT2D eigenvalue weighted by molar-refractivity contribution is 5.56. The fourth-order valence-electron chi connectivity index (χ4n) is 0.618. The summed E-state index contributed by atoms with van der Waals surface area (Å²) in [7, 11) is 0. The van der Waals surface area contributed by atoms with E-state index in [9.17, 15) is 4.79 Å². The number of hydrogen-bond donors (Lipinski definition) is 5. The minimum Gasteiger partial charge on any atom is -0.412 e. The molecule has 0 aromatic carbocycles. The molecule has 0 aliphatic heterocycles. The van der Waals surface area contributed by atoms with Crippen LogP contribution in [0.3, 0.4) is 0 Å². The van der Waals surface area contributed by atoms with Crippen LogP contribution in [0.5, 0.6) is 0 Å². The summed E-state index contributed by atoms with van der Waals surface area (Å²) in [4.78, 5) is 9.90. The van der Waals surface area contributed by atoms with E-state index >= 15 is 0 Å². The molecule has 0 aliphatic carbocycles. The van der Waals surface area contributed by atoms with Crippen LogP contribution in [0.4, 0.5) is 0 Å². The van der Waals surface area contributed by atoms with Crippen molar-refractivity contribution in [3.05, 3.63) is 0 Å². The summed E-state index contributed by atoms with van der Waals surface area (Å²) in [5.74, 6) is 0. The van der Waals surface area contributed by atoms with Crippen LogP contribution in [0.2, 0.25) is 0 Å². The second kappa shape index (κ2) is 11.4. The van der Waals surface area contributed by atoms with Gasteiger partial charge in [-0.3, -0.25) is 0 Å². The number of aldehydes is 1. The maximum atomic E-state index is 9.90. The Labute approximate surface area is 85.1 Å². The molecule has 0 heterocycles. The van der Waals surface area contributed by atoms with Crippen molar-refractivity contribution >= 4 is 6.29 Å². The van der Waals surface area contributed by atoms with E-state index in [4.69, 9.17) is 25.5 Å². The first-order chi connectivity index (χ1) is 5.54. The highest BCUT2D eigenvalue weighted by Crippen LogP contribution is 2.02. The molecule has 4 unspecified atom stereocenters. The molecule has 11 N–H and O–H groups in total. The Morgan fingerprint density at radius 2 is 1.33 bits per heavy atom. The zero-order valence-corrected chi connectivity index (χ0v) is 7.74. The monoisotopic (exact) mass is 234 g/mol. The van der Waals surface area contributed by atoms with E-state index in [2.05, 4.69) is 0 Å². The van der Waals surface area contributed by atoms with E-state index in [-0.39, 0.29) is 22.7 Å². The largest absolute Gasteiger partial charge is 0.412 e. The molecule has 0 fully saturated rings. The Bertz CT molecular complexity index is 141. The lowest BCUT2D eigenvalue weighted by Crippen LogP contribution is -2.46. The third-order valence-electron chi connectivity index (χ3n) is 1.42. The third kappa shape index (κ3) is 7.30. The summed E-state index contributed by atoms with van der Waals surface area (Å²) in [6.45, 7) is -0.760. The van der Waals surface area contributed by atoms with Gasteiger partial charge in [0.1, 0.15) is 24.4 Å². The third-order valence-corrected chi connectivity index (χ3v) is 1.42. The fraction of sp³-hybridized carbons (Fsp3) is 0.833. The maximum Gasteiger partial charge on any atom is 0.151 e. The van der Waals surface area contributed by atoms with Gasteiger partial charge in [-0.15, -0.1) is 0 Å². The van der Waals surface area contributed by atoms with E-state index < -0.39 is 31.0 Å². The van der Waals surface area contributed by atoms with Crippen LogP contribution in [0.15, 0.2) is 0 Å². The number of aliphatic hydroxyl groups is 5. The molecule has 4 atom stereocenters. The van der Waals surface area contributed by atoms with Crippen molar-refractivity contribution in [2.75, 3.05) is 6.61 Å². The van der Waals surface area contributed by atoms with Gasteiger partial charge in [-0.25, -0.2) is 0 Å². The molecule has 0 bridgehead atoms. The van der Waals surface area contributed by atoms with Crippen LogP contribution in [0.25, 0.3) is 0 Å². The molecule has 0 spiro atoms. The lowest BCUT2D eigenvalue weighted by atomic mass is 10.0. The minimum absolute atomic E-state index is 0. The predicted molar refractivity (Wildman–Crippen MR) is 48.0 cm³/mol. The Hall–Kier alpha value is -0.650. The van der Waals surface area contributed by atoms with Gasteiger partial charge < -0.3 is 46.8 Å². The number of aliphatic hydroxyl groups excluding tert-OH is 5. The summed E-state index contributed by atoms with van der Waals surface area (Å²) in [5, 5.41) is 43.5. The summed E-state index contributed by atoms with van der Waals surface area (Å²) >= 11 is 0. The molecule has 0 amide bonds. The molecule has 0 aromatic heterocycles. The van der Waals surface area contributed by atoms with Crippen molar-refractivity contribution in [3.8, 4) is 0 Å². The fourth-order valence-corrected chi connectivity index (χ4v) is 0.618. The van der Waals surface area contributed by atoms with E-state index in [1.54, 1.807) is 0 Å². The first-order valence-electron chi connectivity index (χ1n) is 3.33. The molecule has 9 nitrogen and oxygen atoms in total. The van der Waals surface area contributed by atoms with Crippen molar-refractivity contribution in [2.45, 2.75) is 24.4 Å². The Kier molecular flexibility index (Phi) is 18.2. The maximum absolute atomic E-state index is 9.90. The molecule has 15 heavy (non-hydrogen) atoms. The van der Waals surface area contributed by atoms with Crippen molar-refractivity contribution in [1.29, 1.82) is 0 Å². The summed E-state index contributed by atoms with van der Waals surface area (Å²) in [6.07, 6.45) is -6.84. The molecule has 9 heteroatoms. The molecule has 0 aromatic rings. The second-order valence-corrected chi connectivity index (χ2v) is 2.36. The zero-order chi connectivity index (χ0) is 9.72. The zero-order valence-electron chi connectivity index (χ0n) is 7.74. The van der Waals surface area contributed by atoms with Gasteiger partial charge in [-0.05, 0) is 0 Å². The number of hydrogen-bond acceptors (Lipinski definition) is 6. The molecule has 0 saturated heterocycles. The minimum atomic E-state index is -1.79. The predicted octanol–water partition coefficient (Wildman–Crippen LogP) is -5.85. The SMILES string of the molecule is O.O.O.O=CC(O)C(O)C(O)C(O)CO. The van der Waals surface area contributed by atoms with Gasteiger partial charge in [-0.2, -0.15) is 0 Å². The normalized spacial score (nSPS) is 16.9. The Morgan fingerprint density at radius 1 is 0.933 bits per heavy atom. The molecule has 96 valence electrons. The van der Waals surface area contributed by atoms with Gasteiger partial charge in [0.15, 0.2) is 6.29 Å². The van der Waals surface area contributed by atoms with Gasteiger partial charge in [0.2, 0.25) is 0 Å². The molecular weight excluding hydrogens is 216 g/mol. The quantitative estimate of drug-likeness (QED) is 0.292. The van der Waals surface area contributed by atoms with E-state index in [1.807, 2.05) is 0 Å². The van der Waals surface area contributed by atoms with Crippen molar-refractivity contribution in [2.24, 2.45) is 0 Å². The van der Waals surface area contributed by atoms with Crippen molar-refractivity contribution in [1.82, 2.24) is 0 Å². The second-order valence-electron chi connectivity index (χ2n) is 2.36. The first kappa shape index (κ1) is 23.9. The van der Waals surface area contributed by atoms with Crippen LogP contribution >= 0.6 is 0 Å². The highest BCUT2D eigenvalue weighted by Gasteiger charge is 2.29. The standard InChI is InChI=1S/C6H12O6.3H2O/c7-1-3(9)5(11)6(12)4(10)2-8;;;/h1,3-6,8-12H,2H2;3*1H2. The summed E-state index contributed by atoms with van der Waals surface area (Å²) in [5.41, 5.74) is 0. The van der Waals surface area contributed by atoms with E-state index in [0.29, 0.717) is 0 Å². The smallest absolute Gasteiger partial charge is 0.151 e. The summed E-state index contributed by atoms with van der Waals surface area (Å²) in [6, 6.07) is 0. The molecule has 0 rings (SSSR count). The van der Waals surface area contributed by atoms with Crippen LogP contribution < -0.4 is 0 Å². The molecule has 0 radical (unpaired) electrons. The van der Waals surface area contributed by atoms with Crippen LogP contribution in [0, 0.1) is 0 Å². The number of carbonyl (C=O) groups excluding carboxylic acids is 1. The topological polar surface area (TPSA) is 213 Å². The first-order valence-corrected chi connectivity index (χ1v) is 3.33. The van der Waals surface area contributed by atoms with Gasteiger partial charge in [0.25, 0.3) is 0 Å². The van der Waals surface area contributed by atoms with Gasteiger partial charge in [0, 0.05) is 0 Å². The van der Waals surface area contributed by atoms with E-state index in [1.165, 1.54) is 0 Å². The van der Waals surface area contributed by atoms with Crippen LogP contribution in [-0.2, 0) is 4.79 Å². The highest BCUT2D eigenvalue weighted by atomic mass is 16.4. The lowest BCUT2D eigenvalue weighted by molar-refractivity contribution is -0.136. The van der Waals surface area contributed by atoms with Crippen molar-refractivity contribution < 1.29 is 46.8 Å². The summed E-state index contributed by atoms with van der Waals surface area (Å²) < 4.78 is 0. The lowest BCUT2D eigenvalue weighted by Gasteiger charge is -2.22. The number of carbonyl (C=O) groups is 1. The molecule has 0 saturated carbocycles. The van der Waals surface area contributed by atoms with Gasteiger partial charge in [-0.1, -0.05) is 0 Å². The van der Waals surface area contributed by atoms with Crippen molar-refractivity contribution in [3.63, 3.8) is 0 Å². The molecule has 0 aliphatic rings. The average Bonchev–Trinajstić information content (AvgIpc) is 2.12. The average molecular weight is 234 g/mol. The number of rotatable bonds is 5. The van der Waals surface area contributed by atoms with Gasteiger partial charge >= 0.3 is 0 Å². The molecular formula is C6H18O9. The Morgan fingerprint density at radius 3 is 1.60 bits per heavy atom. The van der Waals surface area contributed by atoms with Crippen LogP contribution in [0.1, 0.15) is 0 Å². The van der Waals surface area contributed by atoms with Crippen LogP contribution in [-0.4, -0.2) is 79.3 Å². The Balaban J connectivity index is -0.000000202.